The van der Waals surface area contributed by atoms with E-state index in [2.05, 4.69) is 0 Å². The van der Waals surface area contributed by atoms with Gasteiger partial charge in [-0.25, -0.2) is 0 Å². The van der Waals surface area contributed by atoms with Crippen molar-refractivity contribution in [1.29, 1.82) is 0 Å². The highest BCUT2D eigenvalue weighted by Gasteiger charge is 2.31. The molecule has 0 spiro atoms. The fraction of sp³-hybridized carbons (Fsp3) is 0.273. The van der Waals surface area contributed by atoms with Crippen molar-refractivity contribution in [3.63, 3.8) is 0 Å². The summed E-state index contributed by atoms with van der Waals surface area (Å²) < 4.78 is 5.69. The normalized spacial score (nSPS) is 15.7. The second-order valence-corrected chi connectivity index (χ2v) is 8.94. The maximum atomic E-state index is 13.1. The molecule has 1 aromatic carbocycles. The minimum absolute atomic E-state index is 0.0382. The number of thiophene rings is 2. The van der Waals surface area contributed by atoms with Crippen LogP contribution in [0.2, 0.25) is 0 Å². The molecule has 1 aliphatic heterocycles. The van der Waals surface area contributed by atoms with Crippen molar-refractivity contribution in [1.82, 2.24) is 4.90 Å². The van der Waals surface area contributed by atoms with E-state index in [1.54, 1.807) is 34.5 Å². The van der Waals surface area contributed by atoms with Crippen molar-refractivity contribution >= 4 is 40.2 Å². The van der Waals surface area contributed by atoms with Crippen LogP contribution in [-0.4, -0.2) is 29.4 Å². The number of hydrogen-bond acceptors (Lipinski definition) is 5. The lowest BCUT2D eigenvalue weighted by atomic mass is 10.1. The molecule has 2 amide bonds. The molecule has 3 aromatic rings. The first-order chi connectivity index (χ1) is 14.1. The Hall–Kier alpha value is -2.64. The van der Waals surface area contributed by atoms with E-state index in [0.29, 0.717) is 25.4 Å². The summed E-state index contributed by atoms with van der Waals surface area (Å²) >= 11 is 3.29. The van der Waals surface area contributed by atoms with Gasteiger partial charge in [0.05, 0.1) is 18.8 Å². The van der Waals surface area contributed by atoms with Crippen LogP contribution in [0.15, 0.2) is 59.3 Å². The van der Waals surface area contributed by atoms with Gasteiger partial charge >= 0.3 is 0 Å². The lowest BCUT2D eigenvalue weighted by molar-refractivity contribution is -0.132. The Labute approximate surface area is 178 Å². The zero-order chi connectivity index (χ0) is 20.2. The van der Waals surface area contributed by atoms with Crippen LogP contribution in [0.3, 0.4) is 0 Å². The van der Waals surface area contributed by atoms with Gasteiger partial charge in [0.2, 0.25) is 5.91 Å². The number of ether oxygens (including phenoxy) is 1. The van der Waals surface area contributed by atoms with Gasteiger partial charge in [-0.2, -0.15) is 0 Å². The summed E-state index contributed by atoms with van der Waals surface area (Å²) in [6.45, 7) is 3.25. The van der Waals surface area contributed by atoms with Crippen LogP contribution in [0.25, 0.3) is 0 Å². The van der Waals surface area contributed by atoms with Gasteiger partial charge in [0, 0.05) is 22.7 Å². The lowest BCUT2D eigenvalue weighted by Crippen LogP contribution is -2.46. The molecule has 0 N–H and O–H groups in total. The monoisotopic (exact) mass is 426 g/mol. The Kier molecular flexibility index (Phi) is 5.97. The molecule has 7 heteroatoms. The summed E-state index contributed by atoms with van der Waals surface area (Å²) in [5, 5.41) is 4.04. The molecule has 150 valence electrons. The number of rotatable bonds is 7. The SMILES string of the molecule is CC1Oc2ccccc2N(CCC(=O)N(Cc2cccs2)Cc2cccs2)C1=O. The number of hydrogen-bond donors (Lipinski definition) is 0. The van der Waals surface area contributed by atoms with Crippen molar-refractivity contribution in [3.05, 3.63) is 69.0 Å². The zero-order valence-electron chi connectivity index (χ0n) is 16.1. The summed E-state index contributed by atoms with van der Waals surface area (Å²) in [5.74, 6) is 0.608. The number of fused-ring (bicyclic) bond motifs is 1. The van der Waals surface area contributed by atoms with Crippen LogP contribution in [0.4, 0.5) is 5.69 Å². The second-order valence-electron chi connectivity index (χ2n) is 6.88. The van der Waals surface area contributed by atoms with E-state index in [4.69, 9.17) is 4.74 Å². The Balaban J connectivity index is 1.48. The van der Waals surface area contributed by atoms with Crippen LogP contribution in [0, 0.1) is 0 Å². The Morgan fingerprint density at radius 2 is 1.69 bits per heavy atom. The third-order valence-corrected chi connectivity index (χ3v) is 6.55. The lowest BCUT2D eigenvalue weighted by Gasteiger charge is -2.33. The van der Waals surface area contributed by atoms with Gasteiger partial charge in [0.25, 0.3) is 5.91 Å². The molecule has 2 aromatic heterocycles. The topological polar surface area (TPSA) is 49.9 Å². The molecule has 29 heavy (non-hydrogen) atoms. The molecule has 3 heterocycles. The van der Waals surface area contributed by atoms with E-state index in [1.807, 2.05) is 64.2 Å². The summed E-state index contributed by atoms with van der Waals surface area (Å²) in [6.07, 6.45) is -0.280. The van der Waals surface area contributed by atoms with Crippen LogP contribution in [-0.2, 0) is 22.7 Å². The van der Waals surface area contributed by atoms with E-state index in [0.717, 1.165) is 15.4 Å². The molecule has 0 radical (unpaired) electrons. The number of benzene rings is 1. The van der Waals surface area contributed by atoms with Crippen molar-refractivity contribution in [2.24, 2.45) is 0 Å². The first-order valence-corrected chi connectivity index (χ1v) is 11.3. The predicted octanol–water partition coefficient (Wildman–Crippen LogP) is 4.54. The summed E-state index contributed by atoms with van der Waals surface area (Å²) in [7, 11) is 0. The fourth-order valence-electron chi connectivity index (χ4n) is 3.37. The van der Waals surface area contributed by atoms with Gasteiger partial charge in [-0.1, -0.05) is 24.3 Å². The van der Waals surface area contributed by atoms with Crippen molar-refractivity contribution in [3.8, 4) is 5.75 Å². The molecular formula is C22H22N2O3S2. The molecule has 0 saturated carbocycles. The van der Waals surface area contributed by atoms with Gasteiger partial charge in [-0.05, 0) is 41.9 Å². The number of para-hydroxylation sites is 2. The summed E-state index contributed by atoms with van der Waals surface area (Å²) in [6, 6.07) is 15.6. The molecule has 0 aliphatic carbocycles. The van der Waals surface area contributed by atoms with Crippen molar-refractivity contribution in [2.75, 3.05) is 11.4 Å². The average Bonchev–Trinajstić information content (AvgIpc) is 3.42. The van der Waals surface area contributed by atoms with Gasteiger partial charge in [0.1, 0.15) is 5.75 Å². The minimum atomic E-state index is -0.548. The molecule has 5 nitrogen and oxygen atoms in total. The standard InChI is InChI=1S/C22H22N2O3S2/c1-16-22(26)24(19-8-2-3-9-20(19)27-16)11-10-21(25)23(14-17-6-4-12-28-17)15-18-7-5-13-29-18/h2-9,12-13,16H,10-11,14-15H2,1H3. The minimum Gasteiger partial charge on any atom is -0.479 e. The average molecular weight is 427 g/mol. The molecule has 1 atom stereocenters. The molecule has 0 saturated heterocycles. The fourth-order valence-corrected chi connectivity index (χ4v) is 4.81. The summed E-state index contributed by atoms with van der Waals surface area (Å²) in [5.41, 5.74) is 0.728. The number of carbonyl (C=O) groups is 2. The van der Waals surface area contributed by atoms with Gasteiger partial charge in [-0.15, -0.1) is 22.7 Å². The quantitative estimate of drug-likeness (QED) is 0.557. The second kappa shape index (κ2) is 8.80. The highest BCUT2D eigenvalue weighted by Crippen LogP contribution is 2.33. The van der Waals surface area contributed by atoms with Crippen LogP contribution in [0.1, 0.15) is 23.1 Å². The maximum absolute atomic E-state index is 13.1. The maximum Gasteiger partial charge on any atom is 0.267 e. The van der Waals surface area contributed by atoms with E-state index in [-0.39, 0.29) is 18.2 Å². The number of nitrogens with zero attached hydrogens (tertiary/aromatic N) is 2. The van der Waals surface area contributed by atoms with Crippen molar-refractivity contribution in [2.45, 2.75) is 32.5 Å². The summed E-state index contributed by atoms with van der Waals surface area (Å²) in [4.78, 5) is 31.6. The molecule has 1 aliphatic rings. The van der Waals surface area contributed by atoms with Gasteiger partial charge in [-0.3, -0.25) is 9.59 Å². The number of anilines is 1. The third kappa shape index (κ3) is 4.52. The highest BCUT2D eigenvalue weighted by atomic mass is 32.1. The van der Waals surface area contributed by atoms with Gasteiger partial charge in [0.15, 0.2) is 6.10 Å². The van der Waals surface area contributed by atoms with Gasteiger partial charge < -0.3 is 14.5 Å². The number of amides is 2. The molecule has 1 unspecified atom stereocenters. The highest BCUT2D eigenvalue weighted by molar-refractivity contribution is 7.10. The van der Waals surface area contributed by atoms with Crippen molar-refractivity contribution < 1.29 is 14.3 Å². The zero-order valence-corrected chi connectivity index (χ0v) is 17.7. The first-order valence-electron chi connectivity index (χ1n) is 9.51. The Bertz CT molecular complexity index is 934. The third-order valence-electron chi connectivity index (χ3n) is 4.83. The predicted molar refractivity (Wildman–Crippen MR) is 116 cm³/mol. The first kappa shape index (κ1) is 19.7. The number of carbonyl (C=O) groups excluding carboxylic acids is 2. The smallest absolute Gasteiger partial charge is 0.267 e. The van der Waals surface area contributed by atoms with E-state index < -0.39 is 6.10 Å². The molecular weight excluding hydrogens is 404 g/mol. The van der Waals surface area contributed by atoms with Crippen LogP contribution < -0.4 is 9.64 Å². The molecule has 0 bridgehead atoms. The Morgan fingerprint density at radius 1 is 1.03 bits per heavy atom. The van der Waals surface area contributed by atoms with E-state index in [9.17, 15) is 9.59 Å². The molecule has 0 fully saturated rings. The van der Waals surface area contributed by atoms with E-state index in [1.165, 1.54) is 0 Å². The van der Waals surface area contributed by atoms with Crippen LogP contribution >= 0.6 is 22.7 Å². The van der Waals surface area contributed by atoms with Crippen LogP contribution in [0.5, 0.6) is 5.75 Å². The molecule has 4 rings (SSSR count). The largest absolute Gasteiger partial charge is 0.479 e. The Morgan fingerprint density at radius 3 is 2.31 bits per heavy atom. The van der Waals surface area contributed by atoms with E-state index >= 15 is 0 Å².